The molecule has 2 aromatic rings. The number of carbonyl (C=O) groups is 2. The summed E-state index contributed by atoms with van der Waals surface area (Å²) >= 11 is 12.1. The van der Waals surface area contributed by atoms with Crippen molar-refractivity contribution in [3.8, 4) is 0 Å². The van der Waals surface area contributed by atoms with Gasteiger partial charge < -0.3 is 10.2 Å². The molecule has 0 bridgehead atoms. The standard InChI is InChI=1S/C19H17Cl2FN2O2/c20-13-5-8-16(21)15(10-13)19(26)24-9-1-2-17(24)18(25)23-11-12-3-6-14(22)7-4-12/h3-8,10,17H,1-2,9,11H2,(H,23,25)/t17-/m0/s1. The molecular formula is C19H17Cl2FN2O2. The molecule has 1 fully saturated rings. The molecule has 1 saturated heterocycles. The van der Waals surface area contributed by atoms with Gasteiger partial charge in [0.1, 0.15) is 11.9 Å². The zero-order chi connectivity index (χ0) is 18.7. The van der Waals surface area contributed by atoms with E-state index in [0.717, 1.165) is 12.0 Å². The van der Waals surface area contributed by atoms with E-state index in [2.05, 4.69) is 5.32 Å². The lowest BCUT2D eigenvalue weighted by molar-refractivity contribution is -0.125. The van der Waals surface area contributed by atoms with Gasteiger partial charge in [0.2, 0.25) is 5.91 Å². The molecule has 0 spiro atoms. The van der Waals surface area contributed by atoms with Crippen molar-refractivity contribution in [3.63, 3.8) is 0 Å². The molecule has 26 heavy (non-hydrogen) atoms. The Morgan fingerprint density at radius 3 is 2.62 bits per heavy atom. The third kappa shape index (κ3) is 4.17. The average Bonchev–Trinajstić information content (AvgIpc) is 3.12. The first kappa shape index (κ1) is 18.7. The van der Waals surface area contributed by atoms with E-state index in [1.807, 2.05) is 0 Å². The summed E-state index contributed by atoms with van der Waals surface area (Å²) in [5.41, 5.74) is 1.07. The van der Waals surface area contributed by atoms with Crippen molar-refractivity contribution in [1.29, 1.82) is 0 Å². The molecule has 1 aliphatic rings. The highest BCUT2D eigenvalue weighted by Gasteiger charge is 2.35. The quantitative estimate of drug-likeness (QED) is 0.849. The maximum Gasteiger partial charge on any atom is 0.256 e. The summed E-state index contributed by atoms with van der Waals surface area (Å²) in [5.74, 6) is -0.874. The number of amides is 2. The Labute approximate surface area is 160 Å². The predicted octanol–water partition coefficient (Wildman–Crippen LogP) is 4.05. The Hall–Kier alpha value is -2.11. The average molecular weight is 395 g/mol. The first-order valence-electron chi connectivity index (χ1n) is 8.24. The van der Waals surface area contributed by atoms with Gasteiger partial charge in [-0.2, -0.15) is 0 Å². The van der Waals surface area contributed by atoms with Crippen LogP contribution in [0, 0.1) is 5.82 Å². The van der Waals surface area contributed by atoms with Gasteiger partial charge in [0.25, 0.3) is 5.91 Å². The molecule has 2 amide bonds. The summed E-state index contributed by atoms with van der Waals surface area (Å²) in [5, 5.41) is 3.52. The van der Waals surface area contributed by atoms with E-state index in [-0.39, 0.29) is 29.7 Å². The van der Waals surface area contributed by atoms with Crippen molar-refractivity contribution in [3.05, 3.63) is 69.5 Å². The SMILES string of the molecule is O=C(NCc1ccc(F)cc1)[C@@H]1CCCN1C(=O)c1cc(Cl)ccc1Cl. The van der Waals surface area contributed by atoms with Gasteiger partial charge in [0.05, 0.1) is 10.6 Å². The number of hydrogen-bond acceptors (Lipinski definition) is 2. The fraction of sp³-hybridized carbons (Fsp3) is 0.263. The lowest BCUT2D eigenvalue weighted by Crippen LogP contribution is -2.45. The van der Waals surface area contributed by atoms with Gasteiger partial charge in [0, 0.05) is 18.1 Å². The first-order chi connectivity index (χ1) is 12.5. The molecule has 0 aliphatic carbocycles. The van der Waals surface area contributed by atoms with E-state index < -0.39 is 6.04 Å². The van der Waals surface area contributed by atoms with E-state index in [4.69, 9.17) is 23.2 Å². The van der Waals surface area contributed by atoms with Crippen LogP contribution in [0.1, 0.15) is 28.8 Å². The van der Waals surface area contributed by atoms with Crippen molar-refractivity contribution in [2.45, 2.75) is 25.4 Å². The summed E-state index contributed by atoms with van der Waals surface area (Å²) in [6.07, 6.45) is 1.32. The number of halogens is 3. The summed E-state index contributed by atoms with van der Waals surface area (Å²) in [7, 11) is 0. The lowest BCUT2D eigenvalue weighted by Gasteiger charge is -2.24. The minimum absolute atomic E-state index is 0.238. The summed E-state index contributed by atoms with van der Waals surface area (Å²) in [6.45, 7) is 0.756. The van der Waals surface area contributed by atoms with E-state index in [0.29, 0.717) is 23.0 Å². The highest BCUT2D eigenvalue weighted by molar-refractivity contribution is 6.35. The van der Waals surface area contributed by atoms with Crippen molar-refractivity contribution >= 4 is 35.0 Å². The molecule has 1 N–H and O–H groups in total. The molecule has 0 unspecified atom stereocenters. The Morgan fingerprint density at radius 2 is 1.88 bits per heavy atom. The summed E-state index contributed by atoms with van der Waals surface area (Å²) in [4.78, 5) is 26.9. The zero-order valence-electron chi connectivity index (χ0n) is 13.8. The van der Waals surface area contributed by atoms with Gasteiger partial charge in [-0.25, -0.2) is 4.39 Å². The molecule has 2 aromatic carbocycles. The van der Waals surface area contributed by atoms with Crippen LogP contribution in [-0.2, 0) is 11.3 Å². The number of nitrogens with one attached hydrogen (secondary N) is 1. The highest BCUT2D eigenvalue weighted by Crippen LogP contribution is 2.26. The topological polar surface area (TPSA) is 49.4 Å². The molecular weight excluding hydrogens is 378 g/mol. The van der Waals surface area contributed by atoms with Crippen LogP contribution in [0.3, 0.4) is 0 Å². The first-order valence-corrected chi connectivity index (χ1v) is 8.99. The second kappa shape index (κ2) is 8.06. The van der Waals surface area contributed by atoms with Crippen LogP contribution in [0.4, 0.5) is 4.39 Å². The molecule has 4 nitrogen and oxygen atoms in total. The number of rotatable bonds is 4. The van der Waals surface area contributed by atoms with Crippen LogP contribution in [0.2, 0.25) is 10.0 Å². The molecule has 136 valence electrons. The minimum atomic E-state index is -0.557. The summed E-state index contributed by atoms with van der Waals surface area (Å²) in [6, 6.07) is 10.0. The van der Waals surface area contributed by atoms with E-state index in [1.54, 1.807) is 24.3 Å². The Bertz CT molecular complexity index is 827. The molecule has 0 radical (unpaired) electrons. The van der Waals surface area contributed by atoms with Crippen LogP contribution in [-0.4, -0.2) is 29.3 Å². The predicted molar refractivity (Wildman–Crippen MR) is 98.8 cm³/mol. The van der Waals surface area contributed by atoms with Crippen LogP contribution in [0.15, 0.2) is 42.5 Å². The van der Waals surface area contributed by atoms with E-state index in [1.165, 1.54) is 23.1 Å². The molecule has 1 atom stereocenters. The number of benzene rings is 2. The Balaban J connectivity index is 1.68. The largest absolute Gasteiger partial charge is 0.350 e. The molecule has 1 heterocycles. The van der Waals surface area contributed by atoms with Crippen LogP contribution in [0.5, 0.6) is 0 Å². The van der Waals surface area contributed by atoms with Gasteiger partial charge in [0.15, 0.2) is 0 Å². The molecule has 7 heteroatoms. The molecule has 0 saturated carbocycles. The van der Waals surface area contributed by atoms with Crippen molar-refractivity contribution in [2.75, 3.05) is 6.54 Å². The maximum absolute atomic E-state index is 12.9. The van der Waals surface area contributed by atoms with Crippen LogP contribution >= 0.6 is 23.2 Å². The number of carbonyl (C=O) groups excluding carboxylic acids is 2. The van der Waals surface area contributed by atoms with Gasteiger partial charge >= 0.3 is 0 Å². The third-order valence-corrected chi connectivity index (χ3v) is 4.92. The summed E-state index contributed by atoms with van der Waals surface area (Å²) < 4.78 is 12.9. The normalized spacial score (nSPS) is 16.6. The van der Waals surface area contributed by atoms with Crippen LogP contribution in [0.25, 0.3) is 0 Å². The van der Waals surface area contributed by atoms with Crippen molar-refractivity contribution in [2.24, 2.45) is 0 Å². The highest BCUT2D eigenvalue weighted by atomic mass is 35.5. The third-order valence-electron chi connectivity index (χ3n) is 4.36. The lowest BCUT2D eigenvalue weighted by atomic mass is 10.1. The molecule has 0 aromatic heterocycles. The second-order valence-electron chi connectivity index (χ2n) is 6.13. The van der Waals surface area contributed by atoms with Gasteiger partial charge in [-0.1, -0.05) is 35.3 Å². The van der Waals surface area contributed by atoms with Gasteiger partial charge in [-0.15, -0.1) is 0 Å². The fourth-order valence-electron chi connectivity index (χ4n) is 3.01. The maximum atomic E-state index is 12.9. The fourth-order valence-corrected chi connectivity index (χ4v) is 3.38. The van der Waals surface area contributed by atoms with E-state index >= 15 is 0 Å². The van der Waals surface area contributed by atoms with Crippen LogP contribution < -0.4 is 5.32 Å². The Kier molecular flexibility index (Phi) is 5.79. The monoisotopic (exact) mass is 394 g/mol. The smallest absolute Gasteiger partial charge is 0.256 e. The van der Waals surface area contributed by atoms with Gasteiger partial charge in [-0.05, 0) is 48.7 Å². The number of likely N-dealkylation sites (tertiary alicyclic amines) is 1. The van der Waals surface area contributed by atoms with Crippen molar-refractivity contribution < 1.29 is 14.0 Å². The van der Waals surface area contributed by atoms with Crippen molar-refractivity contribution in [1.82, 2.24) is 10.2 Å². The Morgan fingerprint density at radius 1 is 1.15 bits per heavy atom. The number of nitrogens with zero attached hydrogens (tertiary/aromatic N) is 1. The zero-order valence-corrected chi connectivity index (χ0v) is 15.4. The molecule has 3 rings (SSSR count). The number of hydrogen-bond donors (Lipinski definition) is 1. The molecule has 1 aliphatic heterocycles. The van der Waals surface area contributed by atoms with E-state index in [9.17, 15) is 14.0 Å². The minimum Gasteiger partial charge on any atom is -0.350 e. The second-order valence-corrected chi connectivity index (χ2v) is 6.97. The van der Waals surface area contributed by atoms with Gasteiger partial charge in [-0.3, -0.25) is 9.59 Å².